The van der Waals surface area contributed by atoms with Crippen molar-refractivity contribution >= 4 is 15.9 Å². The van der Waals surface area contributed by atoms with Gasteiger partial charge in [-0.2, -0.15) is 0 Å². The second kappa shape index (κ2) is 6.32. The highest BCUT2D eigenvalue weighted by molar-refractivity contribution is 7.89. The zero-order valence-electron chi connectivity index (χ0n) is 11.5. The minimum atomic E-state index is -3.18. The summed E-state index contributed by atoms with van der Waals surface area (Å²) in [7, 11) is -3.18. The molecule has 1 amide bonds. The lowest BCUT2D eigenvalue weighted by Crippen LogP contribution is -2.38. The second-order valence-corrected chi connectivity index (χ2v) is 6.92. The molecule has 0 unspecified atom stereocenters. The van der Waals surface area contributed by atoms with E-state index < -0.39 is 10.0 Å². The number of amides is 1. The summed E-state index contributed by atoms with van der Waals surface area (Å²) in [5.74, 6) is -0.0392. The number of carbonyl (C=O) groups is 1. The molecule has 2 rings (SSSR count). The van der Waals surface area contributed by atoms with Gasteiger partial charge in [-0.3, -0.25) is 9.78 Å². The van der Waals surface area contributed by atoms with Crippen molar-refractivity contribution in [1.29, 1.82) is 0 Å². The first kappa shape index (κ1) is 14.9. The Bertz CT molecular complexity index is 559. The fraction of sp³-hybridized carbons (Fsp3) is 0.538. The molecule has 1 aliphatic heterocycles. The summed E-state index contributed by atoms with van der Waals surface area (Å²) in [5, 5.41) is 0. The topological polar surface area (TPSA) is 70.6 Å². The van der Waals surface area contributed by atoms with Crippen LogP contribution in [0.2, 0.25) is 0 Å². The van der Waals surface area contributed by atoms with Gasteiger partial charge in [0, 0.05) is 32.4 Å². The van der Waals surface area contributed by atoms with Crippen LogP contribution in [0.25, 0.3) is 0 Å². The number of carbonyl (C=O) groups excluding carboxylic acids is 1. The molecule has 0 radical (unpaired) electrons. The van der Waals surface area contributed by atoms with E-state index in [9.17, 15) is 13.2 Å². The minimum absolute atomic E-state index is 0.0984. The van der Waals surface area contributed by atoms with Crippen molar-refractivity contribution in [2.24, 2.45) is 0 Å². The first-order valence-electron chi connectivity index (χ1n) is 6.72. The number of sulfonamides is 1. The van der Waals surface area contributed by atoms with Crippen molar-refractivity contribution in [3.63, 3.8) is 0 Å². The van der Waals surface area contributed by atoms with E-state index in [1.54, 1.807) is 36.2 Å². The predicted molar refractivity (Wildman–Crippen MR) is 75.8 cm³/mol. The highest BCUT2D eigenvalue weighted by Gasteiger charge is 2.26. The number of nitrogens with zero attached hydrogens (tertiary/aromatic N) is 3. The van der Waals surface area contributed by atoms with Crippen molar-refractivity contribution in [2.75, 3.05) is 31.9 Å². The maximum absolute atomic E-state index is 12.3. The Hall–Kier alpha value is -1.47. The van der Waals surface area contributed by atoms with Crippen LogP contribution < -0.4 is 0 Å². The molecule has 6 nitrogen and oxygen atoms in total. The Morgan fingerprint density at radius 1 is 1.25 bits per heavy atom. The predicted octanol–water partition coefficient (Wildman–Crippen LogP) is 0.579. The average molecular weight is 297 g/mol. The molecule has 110 valence electrons. The first-order chi connectivity index (χ1) is 9.54. The van der Waals surface area contributed by atoms with Crippen LogP contribution in [-0.4, -0.2) is 60.4 Å². The Kier molecular flexibility index (Phi) is 4.72. The summed E-state index contributed by atoms with van der Waals surface area (Å²) in [5.41, 5.74) is 0.402. The zero-order chi connectivity index (χ0) is 14.6. The van der Waals surface area contributed by atoms with E-state index in [1.807, 2.05) is 0 Å². The molecular formula is C13H19N3O3S. The molecule has 1 aromatic rings. The van der Waals surface area contributed by atoms with Gasteiger partial charge in [0.2, 0.25) is 10.0 Å². The molecule has 20 heavy (non-hydrogen) atoms. The van der Waals surface area contributed by atoms with Gasteiger partial charge in [0.05, 0.1) is 5.75 Å². The molecule has 1 saturated heterocycles. The molecule has 0 aromatic carbocycles. The molecule has 0 bridgehead atoms. The fourth-order valence-electron chi connectivity index (χ4n) is 2.21. The third kappa shape index (κ3) is 3.34. The largest absolute Gasteiger partial charge is 0.336 e. The number of hydrogen-bond acceptors (Lipinski definition) is 4. The molecule has 1 aliphatic rings. The van der Waals surface area contributed by atoms with Crippen molar-refractivity contribution in [3.8, 4) is 0 Å². The highest BCUT2D eigenvalue weighted by Crippen LogP contribution is 2.11. The number of aromatic nitrogens is 1. The van der Waals surface area contributed by atoms with Gasteiger partial charge in [-0.25, -0.2) is 12.7 Å². The summed E-state index contributed by atoms with van der Waals surface area (Å²) in [4.78, 5) is 18.0. The van der Waals surface area contributed by atoms with Crippen molar-refractivity contribution in [3.05, 3.63) is 30.1 Å². The molecule has 0 saturated carbocycles. The third-order valence-electron chi connectivity index (χ3n) is 3.38. The SMILES string of the molecule is CCS(=O)(=O)N1CCCN(C(=O)c2ccccn2)CC1. The maximum atomic E-state index is 12.3. The molecule has 0 N–H and O–H groups in total. The van der Waals surface area contributed by atoms with Crippen LogP contribution in [0, 0.1) is 0 Å². The van der Waals surface area contributed by atoms with Crippen LogP contribution in [0.5, 0.6) is 0 Å². The van der Waals surface area contributed by atoms with Gasteiger partial charge in [-0.05, 0) is 25.5 Å². The number of hydrogen-bond donors (Lipinski definition) is 0. The van der Waals surface area contributed by atoms with Gasteiger partial charge in [0.25, 0.3) is 5.91 Å². The standard InChI is InChI=1S/C13H19N3O3S/c1-2-20(18,19)16-9-5-8-15(10-11-16)13(17)12-6-3-4-7-14-12/h3-4,6-7H,2,5,8-11H2,1H3. The smallest absolute Gasteiger partial charge is 0.272 e. The van der Waals surface area contributed by atoms with Crippen molar-refractivity contribution in [2.45, 2.75) is 13.3 Å². The molecule has 1 fully saturated rings. The number of rotatable bonds is 3. The quantitative estimate of drug-likeness (QED) is 0.818. The normalized spacial score (nSPS) is 17.8. The summed E-state index contributed by atoms with van der Waals surface area (Å²) < 4.78 is 25.2. The lowest BCUT2D eigenvalue weighted by molar-refractivity contribution is 0.0758. The Morgan fingerprint density at radius 2 is 2.05 bits per heavy atom. The van der Waals surface area contributed by atoms with Gasteiger partial charge in [0.15, 0.2) is 0 Å². The Morgan fingerprint density at radius 3 is 2.70 bits per heavy atom. The van der Waals surface area contributed by atoms with E-state index in [0.29, 0.717) is 38.3 Å². The van der Waals surface area contributed by atoms with Gasteiger partial charge in [-0.1, -0.05) is 6.07 Å². The summed E-state index contributed by atoms with van der Waals surface area (Å²) in [6.07, 6.45) is 2.23. The van der Waals surface area contributed by atoms with E-state index >= 15 is 0 Å². The molecule has 0 spiro atoms. The van der Waals surface area contributed by atoms with E-state index in [2.05, 4.69) is 4.98 Å². The van der Waals surface area contributed by atoms with Gasteiger partial charge in [-0.15, -0.1) is 0 Å². The van der Waals surface area contributed by atoms with Crippen LogP contribution in [0.15, 0.2) is 24.4 Å². The van der Waals surface area contributed by atoms with Crippen molar-refractivity contribution < 1.29 is 13.2 Å². The summed E-state index contributed by atoms with van der Waals surface area (Å²) in [6, 6.07) is 5.20. The summed E-state index contributed by atoms with van der Waals surface area (Å²) in [6.45, 7) is 3.44. The van der Waals surface area contributed by atoms with Gasteiger partial charge < -0.3 is 4.90 Å². The molecule has 1 aromatic heterocycles. The molecule has 7 heteroatoms. The lowest BCUT2D eigenvalue weighted by Gasteiger charge is -2.21. The van der Waals surface area contributed by atoms with E-state index in [0.717, 1.165) is 0 Å². The Balaban J connectivity index is 2.05. The maximum Gasteiger partial charge on any atom is 0.272 e. The first-order valence-corrected chi connectivity index (χ1v) is 8.33. The van der Waals surface area contributed by atoms with Crippen LogP contribution in [0.4, 0.5) is 0 Å². The third-order valence-corrected chi connectivity index (χ3v) is 5.27. The van der Waals surface area contributed by atoms with Crippen LogP contribution in [-0.2, 0) is 10.0 Å². The van der Waals surface area contributed by atoms with Crippen LogP contribution in [0.3, 0.4) is 0 Å². The Labute approximate surface area is 119 Å². The molecule has 2 heterocycles. The van der Waals surface area contributed by atoms with E-state index in [1.165, 1.54) is 4.31 Å². The van der Waals surface area contributed by atoms with E-state index in [-0.39, 0.29) is 11.7 Å². The second-order valence-electron chi connectivity index (χ2n) is 4.66. The molecular weight excluding hydrogens is 278 g/mol. The van der Waals surface area contributed by atoms with Crippen LogP contribution in [0.1, 0.15) is 23.8 Å². The van der Waals surface area contributed by atoms with Gasteiger partial charge in [0.1, 0.15) is 5.69 Å². The number of pyridine rings is 1. The minimum Gasteiger partial charge on any atom is -0.336 e. The zero-order valence-corrected chi connectivity index (χ0v) is 12.3. The average Bonchev–Trinajstić information content (AvgIpc) is 2.74. The summed E-state index contributed by atoms with van der Waals surface area (Å²) >= 11 is 0. The molecule has 0 atom stereocenters. The van der Waals surface area contributed by atoms with Crippen molar-refractivity contribution in [1.82, 2.24) is 14.2 Å². The monoisotopic (exact) mass is 297 g/mol. The van der Waals surface area contributed by atoms with Crippen LogP contribution >= 0.6 is 0 Å². The highest BCUT2D eigenvalue weighted by atomic mass is 32.2. The van der Waals surface area contributed by atoms with Gasteiger partial charge >= 0.3 is 0 Å². The fourth-order valence-corrected chi connectivity index (χ4v) is 3.34. The lowest BCUT2D eigenvalue weighted by atomic mass is 10.3. The van der Waals surface area contributed by atoms with E-state index in [4.69, 9.17) is 0 Å². The molecule has 0 aliphatic carbocycles.